The average molecular weight is 339 g/mol. The van der Waals surface area contributed by atoms with Gasteiger partial charge < -0.3 is 14.8 Å². The molecule has 0 aliphatic heterocycles. The van der Waals surface area contributed by atoms with Crippen LogP contribution in [0.25, 0.3) is 0 Å². The van der Waals surface area contributed by atoms with Crippen molar-refractivity contribution in [1.29, 1.82) is 0 Å². The molecule has 4 heteroatoms. The number of benzene rings is 2. The standard InChI is InChI=1S/C21H25NO3/c1-3-5-8-16-24-18-13-11-17(12-14-18)21(23)22-19-9-6-7-10-20(19)25-15-4-2/h4,6-7,9-14H,2-3,5,8,15-16H2,1H3,(H,22,23). The Morgan fingerprint density at radius 2 is 1.84 bits per heavy atom. The molecule has 0 bridgehead atoms. The maximum Gasteiger partial charge on any atom is 0.255 e. The lowest BCUT2D eigenvalue weighted by Gasteiger charge is -2.12. The van der Waals surface area contributed by atoms with E-state index in [1.165, 1.54) is 6.42 Å². The average Bonchev–Trinajstić information content (AvgIpc) is 2.65. The van der Waals surface area contributed by atoms with Gasteiger partial charge in [-0.1, -0.05) is 44.6 Å². The molecule has 25 heavy (non-hydrogen) atoms. The number of para-hydroxylation sites is 2. The Morgan fingerprint density at radius 1 is 1.08 bits per heavy atom. The maximum absolute atomic E-state index is 12.4. The van der Waals surface area contributed by atoms with Crippen LogP contribution in [0.2, 0.25) is 0 Å². The lowest BCUT2D eigenvalue weighted by atomic mass is 10.2. The maximum atomic E-state index is 12.4. The van der Waals surface area contributed by atoms with Crippen LogP contribution in [-0.2, 0) is 0 Å². The Labute approximate surface area is 149 Å². The van der Waals surface area contributed by atoms with Crippen LogP contribution in [0.3, 0.4) is 0 Å². The van der Waals surface area contributed by atoms with Crippen LogP contribution >= 0.6 is 0 Å². The highest BCUT2D eigenvalue weighted by Crippen LogP contribution is 2.24. The number of carbonyl (C=O) groups is 1. The normalized spacial score (nSPS) is 10.1. The van der Waals surface area contributed by atoms with Crippen molar-refractivity contribution < 1.29 is 14.3 Å². The zero-order valence-electron chi connectivity index (χ0n) is 14.7. The minimum absolute atomic E-state index is 0.188. The SMILES string of the molecule is C=CCOc1ccccc1NC(=O)c1ccc(OCCCCC)cc1. The largest absolute Gasteiger partial charge is 0.494 e. The molecule has 0 heterocycles. The highest BCUT2D eigenvalue weighted by Gasteiger charge is 2.09. The van der Waals surface area contributed by atoms with Crippen LogP contribution in [0.1, 0.15) is 36.5 Å². The van der Waals surface area contributed by atoms with Gasteiger partial charge in [0, 0.05) is 5.56 Å². The summed E-state index contributed by atoms with van der Waals surface area (Å²) in [5.41, 5.74) is 1.20. The van der Waals surface area contributed by atoms with E-state index in [1.807, 2.05) is 36.4 Å². The summed E-state index contributed by atoms with van der Waals surface area (Å²) >= 11 is 0. The predicted octanol–water partition coefficient (Wildman–Crippen LogP) is 5.07. The molecule has 0 radical (unpaired) electrons. The Bertz CT molecular complexity index is 680. The van der Waals surface area contributed by atoms with E-state index >= 15 is 0 Å². The molecule has 0 unspecified atom stereocenters. The Morgan fingerprint density at radius 3 is 2.56 bits per heavy atom. The summed E-state index contributed by atoms with van der Waals surface area (Å²) in [5.74, 6) is 1.21. The number of hydrogen-bond donors (Lipinski definition) is 1. The first-order valence-electron chi connectivity index (χ1n) is 8.61. The molecule has 2 rings (SSSR count). The Kier molecular flexibility index (Phi) is 7.57. The van der Waals surface area contributed by atoms with Crippen molar-refractivity contribution in [3.8, 4) is 11.5 Å². The zero-order chi connectivity index (χ0) is 17.9. The van der Waals surface area contributed by atoms with Crippen LogP contribution in [-0.4, -0.2) is 19.1 Å². The van der Waals surface area contributed by atoms with Crippen LogP contribution in [0.5, 0.6) is 11.5 Å². The fourth-order valence-electron chi connectivity index (χ4n) is 2.28. The second-order valence-corrected chi connectivity index (χ2v) is 5.63. The fourth-order valence-corrected chi connectivity index (χ4v) is 2.28. The van der Waals surface area contributed by atoms with Gasteiger partial charge in [-0.05, 0) is 42.8 Å². The van der Waals surface area contributed by atoms with Gasteiger partial charge in [0.15, 0.2) is 0 Å². The van der Waals surface area contributed by atoms with Crippen LogP contribution < -0.4 is 14.8 Å². The molecule has 1 N–H and O–H groups in total. The van der Waals surface area contributed by atoms with Gasteiger partial charge in [0.2, 0.25) is 0 Å². The number of ether oxygens (including phenoxy) is 2. The van der Waals surface area contributed by atoms with E-state index in [0.717, 1.165) is 18.6 Å². The fraction of sp³-hybridized carbons (Fsp3) is 0.286. The summed E-state index contributed by atoms with van der Waals surface area (Å²) in [6.07, 6.45) is 5.03. The molecule has 132 valence electrons. The minimum Gasteiger partial charge on any atom is -0.494 e. The molecule has 0 aliphatic rings. The van der Waals surface area contributed by atoms with Crippen molar-refractivity contribution in [1.82, 2.24) is 0 Å². The molecular formula is C21H25NO3. The van der Waals surface area contributed by atoms with Gasteiger partial charge in [0.05, 0.1) is 12.3 Å². The van der Waals surface area contributed by atoms with E-state index in [2.05, 4.69) is 18.8 Å². The molecule has 2 aromatic rings. The number of unbranched alkanes of at least 4 members (excludes halogenated alkanes) is 2. The van der Waals surface area contributed by atoms with Crippen LogP contribution in [0, 0.1) is 0 Å². The molecule has 0 fully saturated rings. The first-order chi connectivity index (χ1) is 12.2. The molecule has 1 amide bonds. The molecule has 0 saturated heterocycles. The van der Waals surface area contributed by atoms with Crippen molar-refractivity contribution >= 4 is 11.6 Å². The highest BCUT2D eigenvalue weighted by atomic mass is 16.5. The molecule has 4 nitrogen and oxygen atoms in total. The van der Waals surface area contributed by atoms with Crippen molar-refractivity contribution in [3.05, 3.63) is 66.7 Å². The number of amides is 1. The first kappa shape index (κ1) is 18.6. The van der Waals surface area contributed by atoms with E-state index in [4.69, 9.17) is 9.47 Å². The van der Waals surface area contributed by atoms with Gasteiger partial charge in [-0.3, -0.25) is 4.79 Å². The van der Waals surface area contributed by atoms with Gasteiger partial charge in [-0.25, -0.2) is 0 Å². The Balaban J connectivity index is 1.96. The summed E-state index contributed by atoms with van der Waals surface area (Å²) in [5, 5.41) is 2.88. The molecular weight excluding hydrogens is 314 g/mol. The lowest BCUT2D eigenvalue weighted by molar-refractivity contribution is 0.102. The van der Waals surface area contributed by atoms with Crippen LogP contribution in [0.15, 0.2) is 61.2 Å². The number of hydrogen-bond acceptors (Lipinski definition) is 3. The summed E-state index contributed by atoms with van der Waals surface area (Å²) in [4.78, 5) is 12.4. The third kappa shape index (κ3) is 5.99. The van der Waals surface area contributed by atoms with Gasteiger partial charge >= 0.3 is 0 Å². The van der Waals surface area contributed by atoms with E-state index in [1.54, 1.807) is 18.2 Å². The van der Waals surface area contributed by atoms with E-state index in [9.17, 15) is 4.79 Å². The van der Waals surface area contributed by atoms with Crippen molar-refractivity contribution in [2.45, 2.75) is 26.2 Å². The topological polar surface area (TPSA) is 47.6 Å². The smallest absolute Gasteiger partial charge is 0.255 e. The summed E-state index contributed by atoms with van der Waals surface area (Å²) < 4.78 is 11.2. The second-order valence-electron chi connectivity index (χ2n) is 5.63. The number of carbonyl (C=O) groups excluding carboxylic acids is 1. The summed E-state index contributed by atoms with van der Waals surface area (Å²) in [6.45, 7) is 6.88. The highest BCUT2D eigenvalue weighted by molar-refractivity contribution is 6.05. The van der Waals surface area contributed by atoms with Gasteiger partial charge in [0.25, 0.3) is 5.91 Å². The van der Waals surface area contributed by atoms with Crippen molar-refractivity contribution in [3.63, 3.8) is 0 Å². The predicted molar refractivity (Wildman–Crippen MR) is 102 cm³/mol. The molecule has 0 spiro atoms. The molecule has 0 atom stereocenters. The van der Waals surface area contributed by atoms with E-state index in [0.29, 0.717) is 30.2 Å². The molecule has 0 saturated carbocycles. The van der Waals surface area contributed by atoms with Crippen LogP contribution in [0.4, 0.5) is 5.69 Å². The van der Waals surface area contributed by atoms with Gasteiger partial charge in [0.1, 0.15) is 18.1 Å². The third-order valence-corrected chi connectivity index (χ3v) is 3.63. The van der Waals surface area contributed by atoms with E-state index < -0.39 is 0 Å². The molecule has 0 aromatic heterocycles. The quantitative estimate of drug-likeness (QED) is 0.485. The second kappa shape index (κ2) is 10.2. The molecule has 0 aliphatic carbocycles. The van der Waals surface area contributed by atoms with Crippen molar-refractivity contribution in [2.24, 2.45) is 0 Å². The van der Waals surface area contributed by atoms with Gasteiger partial charge in [-0.15, -0.1) is 0 Å². The minimum atomic E-state index is -0.188. The number of rotatable bonds is 10. The third-order valence-electron chi connectivity index (χ3n) is 3.63. The number of anilines is 1. The van der Waals surface area contributed by atoms with Crippen molar-refractivity contribution in [2.75, 3.05) is 18.5 Å². The summed E-state index contributed by atoms with van der Waals surface area (Å²) in [7, 11) is 0. The lowest BCUT2D eigenvalue weighted by Crippen LogP contribution is -2.13. The summed E-state index contributed by atoms with van der Waals surface area (Å²) in [6, 6.07) is 14.5. The van der Waals surface area contributed by atoms with E-state index in [-0.39, 0.29) is 5.91 Å². The Hall–Kier alpha value is -2.75. The first-order valence-corrected chi connectivity index (χ1v) is 8.61. The molecule has 2 aromatic carbocycles. The number of nitrogens with one attached hydrogen (secondary N) is 1. The monoisotopic (exact) mass is 339 g/mol. The zero-order valence-corrected chi connectivity index (χ0v) is 14.7. The van der Waals surface area contributed by atoms with Gasteiger partial charge in [-0.2, -0.15) is 0 Å².